The minimum Gasteiger partial charge on any atom is -0.456 e. The third-order valence-electron chi connectivity index (χ3n) is 1.22. The van der Waals surface area contributed by atoms with Crippen LogP contribution in [0.3, 0.4) is 0 Å². The number of rotatable bonds is 2. The van der Waals surface area contributed by atoms with Crippen molar-refractivity contribution in [3.8, 4) is 0 Å². The van der Waals surface area contributed by atoms with E-state index in [2.05, 4.69) is 5.73 Å². The van der Waals surface area contributed by atoms with Gasteiger partial charge in [-0.15, -0.1) is 5.73 Å². The molecule has 0 atom stereocenters. The zero-order valence-electron chi connectivity index (χ0n) is 11.3. The third kappa shape index (κ3) is 10.7. The maximum Gasteiger partial charge on any atom is 0.339 e. The van der Waals surface area contributed by atoms with Crippen molar-refractivity contribution in [3.63, 3.8) is 0 Å². The first-order valence-electron chi connectivity index (χ1n) is 5.38. The molecule has 0 heterocycles. The Hall–Kier alpha value is -1.54. The lowest BCUT2D eigenvalue weighted by molar-refractivity contribution is -0.149. The standard InChI is InChI=1S/C13H20O4/c1-12(2,3)16-10(14)8-7-9-11(15)17-13(4,5)6/h8-9H,1-6H3. The average molecular weight is 240 g/mol. The molecule has 0 fully saturated rings. The summed E-state index contributed by atoms with van der Waals surface area (Å²) < 4.78 is 9.98. The molecule has 0 saturated carbocycles. The third-order valence-corrected chi connectivity index (χ3v) is 1.22. The molecule has 4 nitrogen and oxygen atoms in total. The zero-order valence-corrected chi connectivity index (χ0v) is 11.3. The van der Waals surface area contributed by atoms with Crippen LogP contribution in [0.1, 0.15) is 41.5 Å². The lowest BCUT2D eigenvalue weighted by atomic mass is 10.2. The number of hydrogen-bond acceptors (Lipinski definition) is 4. The summed E-state index contributed by atoms with van der Waals surface area (Å²) in [5.41, 5.74) is 1.32. The molecule has 0 aliphatic rings. The molecular formula is C13H20O4. The maximum absolute atomic E-state index is 11.2. The Balaban J connectivity index is 4.34. The number of ether oxygens (including phenoxy) is 2. The van der Waals surface area contributed by atoms with E-state index in [1.165, 1.54) is 0 Å². The van der Waals surface area contributed by atoms with Crippen LogP contribution in [0, 0.1) is 0 Å². The molecule has 0 aromatic heterocycles. The molecule has 0 spiro atoms. The van der Waals surface area contributed by atoms with Crippen LogP contribution in [0.5, 0.6) is 0 Å². The van der Waals surface area contributed by atoms with Gasteiger partial charge in [-0.2, -0.15) is 0 Å². The van der Waals surface area contributed by atoms with Crippen LogP contribution in [0.15, 0.2) is 17.9 Å². The van der Waals surface area contributed by atoms with Gasteiger partial charge in [-0.3, -0.25) is 0 Å². The van der Waals surface area contributed by atoms with E-state index in [-0.39, 0.29) is 0 Å². The van der Waals surface area contributed by atoms with Crippen molar-refractivity contribution in [3.05, 3.63) is 17.9 Å². The molecule has 4 heteroatoms. The van der Waals surface area contributed by atoms with Crippen molar-refractivity contribution in [1.82, 2.24) is 0 Å². The summed E-state index contributed by atoms with van der Waals surface area (Å²) in [6.07, 6.45) is 2.13. The van der Waals surface area contributed by atoms with Gasteiger partial charge in [-0.05, 0) is 41.5 Å². The van der Waals surface area contributed by atoms with Crippen LogP contribution in [-0.2, 0) is 19.1 Å². The second-order valence-corrected chi connectivity index (χ2v) is 5.52. The van der Waals surface area contributed by atoms with Crippen molar-refractivity contribution in [2.75, 3.05) is 0 Å². The van der Waals surface area contributed by atoms with E-state index < -0.39 is 23.1 Å². The Labute approximate surface area is 102 Å². The van der Waals surface area contributed by atoms with Gasteiger partial charge in [-0.1, -0.05) is 0 Å². The van der Waals surface area contributed by atoms with Crippen LogP contribution >= 0.6 is 0 Å². The summed E-state index contributed by atoms with van der Waals surface area (Å²) in [5.74, 6) is -1.09. The minimum atomic E-state index is -0.554. The number of esters is 2. The van der Waals surface area contributed by atoms with Crippen molar-refractivity contribution in [1.29, 1.82) is 0 Å². The molecule has 0 bridgehead atoms. The van der Waals surface area contributed by atoms with E-state index >= 15 is 0 Å². The Kier molecular flexibility index (Phi) is 5.17. The maximum atomic E-state index is 11.2. The number of carbonyl (C=O) groups is 2. The van der Waals surface area contributed by atoms with Crippen LogP contribution in [0.25, 0.3) is 0 Å². The summed E-state index contributed by atoms with van der Waals surface area (Å²) in [6.45, 7) is 10.6. The van der Waals surface area contributed by atoms with Gasteiger partial charge in [0.1, 0.15) is 11.2 Å². The molecule has 96 valence electrons. The van der Waals surface area contributed by atoms with E-state index in [0.29, 0.717) is 0 Å². The van der Waals surface area contributed by atoms with Gasteiger partial charge in [-0.25, -0.2) is 9.59 Å². The summed E-state index contributed by atoms with van der Waals surface area (Å²) in [6, 6.07) is 0. The van der Waals surface area contributed by atoms with Crippen LogP contribution in [0.2, 0.25) is 0 Å². The van der Waals surface area contributed by atoms with Crippen LogP contribution in [-0.4, -0.2) is 23.1 Å². The van der Waals surface area contributed by atoms with Gasteiger partial charge in [0, 0.05) is 0 Å². The Morgan fingerprint density at radius 1 is 0.824 bits per heavy atom. The molecule has 0 aromatic carbocycles. The van der Waals surface area contributed by atoms with E-state index in [4.69, 9.17) is 9.47 Å². The topological polar surface area (TPSA) is 52.6 Å². The van der Waals surface area contributed by atoms with Crippen LogP contribution < -0.4 is 0 Å². The highest BCUT2D eigenvalue weighted by molar-refractivity contribution is 5.85. The molecule has 0 aromatic rings. The fourth-order valence-electron chi connectivity index (χ4n) is 0.840. The molecule has 0 saturated heterocycles. The van der Waals surface area contributed by atoms with Gasteiger partial charge in [0.2, 0.25) is 0 Å². The first kappa shape index (κ1) is 15.5. The van der Waals surface area contributed by atoms with Crippen molar-refractivity contribution < 1.29 is 19.1 Å². The fraction of sp³-hybridized carbons (Fsp3) is 0.615. The van der Waals surface area contributed by atoms with E-state index in [9.17, 15) is 9.59 Å². The smallest absolute Gasteiger partial charge is 0.339 e. The fourth-order valence-corrected chi connectivity index (χ4v) is 0.840. The van der Waals surface area contributed by atoms with Crippen LogP contribution in [0.4, 0.5) is 0 Å². The number of hydrogen-bond donors (Lipinski definition) is 0. The quantitative estimate of drug-likeness (QED) is 0.422. The van der Waals surface area contributed by atoms with E-state index in [1.54, 1.807) is 41.5 Å². The second kappa shape index (κ2) is 5.69. The lowest BCUT2D eigenvalue weighted by Crippen LogP contribution is -2.22. The summed E-state index contributed by atoms with van der Waals surface area (Å²) in [7, 11) is 0. The SMILES string of the molecule is CC(C)(C)OC(=O)C=C=CC(=O)OC(C)(C)C. The minimum absolute atomic E-state index is 0.544. The van der Waals surface area contributed by atoms with Gasteiger partial charge in [0.25, 0.3) is 0 Å². The largest absolute Gasteiger partial charge is 0.456 e. The molecule has 0 radical (unpaired) electrons. The predicted molar refractivity (Wildman–Crippen MR) is 64.3 cm³/mol. The molecule has 0 aliphatic carbocycles. The number of carbonyl (C=O) groups excluding carboxylic acids is 2. The molecule has 0 aliphatic heterocycles. The Morgan fingerprint density at radius 3 is 1.35 bits per heavy atom. The van der Waals surface area contributed by atoms with Gasteiger partial charge in [0.05, 0.1) is 12.2 Å². The molecule has 17 heavy (non-hydrogen) atoms. The monoisotopic (exact) mass is 240 g/mol. The summed E-state index contributed by atoms with van der Waals surface area (Å²) in [4.78, 5) is 22.4. The highest BCUT2D eigenvalue weighted by Gasteiger charge is 2.15. The normalized spacial score (nSPS) is 11.2. The zero-order chi connectivity index (χ0) is 13.7. The average Bonchev–Trinajstić information content (AvgIpc) is 1.95. The predicted octanol–water partition coefficient (Wildman–Crippen LogP) is 2.38. The van der Waals surface area contributed by atoms with E-state index in [0.717, 1.165) is 12.2 Å². The molecule has 0 unspecified atom stereocenters. The Bertz CT molecular complexity index is 315. The molecule has 0 amide bonds. The van der Waals surface area contributed by atoms with Gasteiger partial charge < -0.3 is 9.47 Å². The van der Waals surface area contributed by atoms with Gasteiger partial charge in [0.15, 0.2) is 0 Å². The highest BCUT2D eigenvalue weighted by atomic mass is 16.6. The highest BCUT2D eigenvalue weighted by Crippen LogP contribution is 2.08. The molecule has 0 N–H and O–H groups in total. The molecule has 0 rings (SSSR count). The lowest BCUT2D eigenvalue weighted by Gasteiger charge is -2.17. The Morgan fingerprint density at radius 2 is 1.12 bits per heavy atom. The van der Waals surface area contributed by atoms with Crippen molar-refractivity contribution in [2.45, 2.75) is 52.7 Å². The first-order valence-corrected chi connectivity index (χ1v) is 5.38. The van der Waals surface area contributed by atoms with Crippen molar-refractivity contribution in [2.24, 2.45) is 0 Å². The van der Waals surface area contributed by atoms with Gasteiger partial charge >= 0.3 is 11.9 Å². The van der Waals surface area contributed by atoms with Crippen molar-refractivity contribution >= 4 is 11.9 Å². The second-order valence-electron chi connectivity index (χ2n) is 5.52. The summed E-state index contributed by atoms with van der Waals surface area (Å²) in [5, 5.41) is 0. The molecular weight excluding hydrogens is 220 g/mol. The summed E-state index contributed by atoms with van der Waals surface area (Å²) >= 11 is 0. The van der Waals surface area contributed by atoms with E-state index in [1.807, 2.05) is 0 Å². The first-order chi connectivity index (χ1) is 7.49.